The summed E-state index contributed by atoms with van der Waals surface area (Å²) in [6.07, 6.45) is -9.76. The van der Waals surface area contributed by atoms with Crippen LogP contribution in [0.25, 0.3) is 0 Å². The van der Waals surface area contributed by atoms with Crippen LogP contribution < -0.4 is 0 Å². The highest BCUT2D eigenvalue weighted by atomic mass is 35.5. The molecule has 2 heterocycles. The van der Waals surface area contributed by atoms with Crippen LogP contribution in [0.5, 0.6) is 0 Å². The molecule has 2 fully saturated rings. The van der Waals surface area contributed by atoms with Gasteiger partial charge in [0, 0.05) is 48.3 Å². The number of ether oxygens (including phenoxy) is 1. The smallest absolute Gasteiger partial charge is 0.378 e. The van der Waals surface area contributed by atoms with Crippen molar-refractivity contribution in [3.8, 4) is 11.8 Å². The molecule has 1 atom stereocenters. The summed E-state index contributed by atoms with van der Waals surface area (Å²) in [6, 6.07) is 7.41. The minimum Gasteiger partial charge on any atom is -0.378 e. The molecule has 1 amide bonds. The summed E-state index contributed by atoms with van der Waals surface area (Å²) in [7, 11) is 0. The molecule has 0 saturated carbocycles. The molecule has 0 aliphatic carbocycles. The van der Waals surface area contributed by atoms with E-state index in [1.165, 1.54) is 4.90 Å². The normalized spacial score (nSPS) is 19.3. The zero-order valence-electron chi connectivity index (χ0n) is 24.1. The summed E-state index contributed by atoms with van der Waals surface area (Å²) in [5.41, 5.74) is -3.00. The van der Waals surface area contributed by atoms with Crippen LogP contribution in [0.4, 0.5) is 26.3 Å². The first-order chi connectivity index (χ1) is 19.6. The third kappa shape index (κ3) is 9.90. The third-order valence-electron chi connectivity index (χ3n) is 7.56. The maximum Gasteiger partial charge on any atom is 0.416 e. The van der Waals surface area contributed by atoms with Crippen LogP contribution in [0.2, 0.25) is 5.02 Å². The first-order valence-electron chi connectivity index (χ1n) is 13.5. The van der Waals surface area contributed by atoms with E-state index in [0.717, 1.165) is 12.1 Å². The zero-order chi connectivity index (χ0) is 30.7. The molecule has 4 rings (SSSR count). The highest BCUT2D eigenvalue weighted by Gasteiger charge is 2.39. The van der Waals surface area contributed by atoms with Crippen molar-refractivity contribution in [1.29, 1.82) is 0 Å². The largest absolute Gasteiger partial charge is 0.416 e. The van der Waals surface area contributed by atoms with Crippen molar-refractivity contribution in [3.05, 3.63) is 69.7 Å². The molecule has 2 aliphatic rings. The number of piperazine rings is 1. The Morgan fingerprint density at radius 1 is 0.932 bits per heavy atom. The Morgan fingerprint density at radius 3 is 2.09 bits per heavy atom. The van der Waals surface area contributed by atoms with Gasteiger partial charge in [-0.15, -0.1) is 24.8 Å². The van der Waals surface area contributed by atoms with Crippen LogP contribution in [-0.4, -0.2) is 84.7 Å². The topological polar surface area (TPSA) is 36.0 Å². The number of benzene rings is 2. The first-order valence-corrected chi connectivity index (χ1v) is 13.9. The predicted octanol–water partition coefficient (Wildman–Crippen LogP) is 6.70. The SMILES string of the molecule is CC1(C)COCCN1CC#CCN1CCN(C(=O)c2cc(C(F)(F)F)cc(C(F)(F)F)c2)[C@H](Cc2ccc(Cl)cc2)C1.Cl.Cl. The lowest BCUT2D eigenvalue weighted by Crippen LogP contribution is -2.56. The number of hydrogen-bond acceptors (Lipinski definition) is 4. The second-order valence-electron chi connectivity index (χ2n) is 11.2. The fourth-order valence-corrected chi connectivity index (χ4v) is 5.27. The van der Waals surface area contributed by atoms with Crippen LogP contribution in [0.1, 0.15) is 40.9 Å². The second-order valence-corrected chi connectivity index (χ2v) is 11.6. The second kappa shape index (κ2) is 15.4. The van der Waals surface area contributed by atoms with Crippen LogP contribution in [0, 0.1) is 11.8 Å². The van der Waals surface area contributed by atoms with Crippen LogP contribution >= 0.6 is 36.4 Å². The molecule has 2 aromatic carbocycles. The number of carbonyl (C=O) groups is 1. The van der Waals surface area contributed by atoms with Gasteiger partial charge in [-0.3, -0.25) is 14.6 Å². The maximum absolute atomic E-state index is 13.5. The Hall–Kier alpha value is -2.20. The van der Waals surface area contributed by atoms with Crippen molar-refractivity contribution in [2.75, 3.05) is 52.5 Å². The first kappa shape index (κ1) is 38.0. The van der Waals surface area contributed by atoms with Gasteiger partial charge in [0.15, 0.2) is 0 Å². The fraction of sp³-hybridized carbons (Fsp3) is 0.500. The van der Waals surface area contributed by atoms with E-state index in [1.807, 2.05) is 4.90 Å². The maximum atomic E-state index is 13.5. The summed E-state index contributed by atoms with van der Waals surface area (Å²) in [4.78, 5) is 19.2. The molecule has 0 aromatic heterocycles. The van der Waals surface area contributed by atoms with Crippen molar-refractivity contribution in [1.82, 2.24) is 14.7 Å². The van der Waals surface area contributed by atoms with Gasteiger partial charge in [-0.05, 0) is 56.2 Å². The van der Waals surface area contributed by atoms with Gasteiger partial charge >= 0.3 is 12.4 Å². The molecule has 44 heavy (non-hydrogen) atoms. The monoisotopic (exact) mass is 687 g/mol. The van der Waals surface area contributed by atoms with Crippen molar-refractivity contribution in [2.24, 2.45) is 0 Å². The molecule has 0 spiro atoms. The summed E-state index contributed by atoms with van der Waals surface area (Å²) in [5.74, 6) is 5.49. The minimum atomic E-state index is -5.05. The highest BCUT2D eigenvalue weighted by Crippen LogP contribution is 2.37. The molecule has 5 nitrogen and oxygen atoms in total. The average Bonchev–Trinajstić information content (AvgIpc) is 2.91. The molecule has 0 N–H and O–H groups in total. The predicted molar refractivity (Wildman–Crippen MR) is 162 cm³/mol. The number of carbonyl (C=O) groups excluding carboxylic acids is 1. The highest BCUT2D eigenvalue weighted by molar-refractivity contribution is 6.30. The molecule has 0 radical (unpaired) electrons. The minimum absolute atomic E-state index is 0. The Bertz CT molecular complexity index is 1290. The van der Waals surface area contributed by atoms with E-state index in [4.69, 9.17) is 16.3 Å². The van der Waals surface area contributed by atoms with Gasteiger partial charge < -0.3 is 9.64 Å². The lowest BCUT2D eigenvalue weighted by atomic mass is 9.99. The van der Waals surface area contributed by atoms with Crippen LogP contribution in [-0.2, 0) is 23.5 Å². The number of halogens is 9. The van der Waals surface area contributed by atoms with Crippen molar-refractivity contribution >= 4 is 42.3 Å². The lowest BCUT2D eigenvalue weighted by Gasteiger charge is -2.41. The van der Waals surface area contributed by atoms with E-state index >= 15 is 0 Å². The quantitative estimate of drug-likeness (QED) is 0.259. The van der Waals surface area contributed by atoms with Gasteiger partial charge in [0.1, 0.15) is 0 Å². The molecule has 2 aromatic rings. The van der Waals surface area contributed by atoms with Gasteiger partial charge in [0.05, 0.1) is 37.4 Å². The van der Waals surface area contributed by atoms with E-state index < -0.39 is 41.0 Å². The van der Waals surface area contributed by atoms with Crippen LogP contribution in [0.3, 0.4) is 0 Å². The number of morpholine rings is 1. The van der Waals surface area contributed by atoms with Gasteiger partial charge in [-0.25, -0.2) is 0 Å². The van der Waals surface area contributed by atoms with E-state index in [-0.39, 0.29) is 43.0 Å². The third-order valence-corrected chi connectivity index (χ3v) is 7.81. The Kier molecular flexibility index (Phi) is 13.3. The zero-order valence-corrected chi connectivity index (χ0v) is 26.5. The summed E-state index contributed by atoms with van der Waals surface area (Å²) in [5, 5.41) is 0.513. The van der Waals surface area contributed by atoms with Gasteiger partial charge in [-0.1, -0.05) is 35.6 Å². The van der Waals surface area contributed by atoms with E-state index in [0.29, 0.717) is 63.0 Å². The van der Waals surface area contributed by atoms with Crippen molar-refractivity contribution in [2.45, 2.75) is 44.2 Å². The molecule has 2 saturated heterocycles. The Morgan fingerprint density at radius 2 is 1.52 bits per heavy atom. The molecule has 0 bridgehead atoms. The summed E-state index contributed by atoms with van der Waals surface area (Å²) >= 11 is 6.00. The van der Waals surface area contributed by atoms with Gasteiger partial charge in [-0.2, -0.15) is 26.3 Å². The van der Waals surface area contributed by atoms with E-state index in [9.17, 15) is 31.1 Å². The van der Waals surface area contributed by atoms with Gasteiger partial charge in [0.25, 0.3) is 5.91 Å². The number of nitrogens with zero attached hydrogens (tertiary/aromatic N) is 3. The standard InChI is InChI=1S/C30H32ClF6N3O2.2ClH/c1-28(2)20-42-14-13-39(28)10-4-3-9-38-11-12-40(26(19-38)15-21-5-7-25(31)8-6-21)27(41)22-16-23(29(32,33)34)18-24(17-22)30(35,36)37;;/h5-8,16-18,26H,9-15,19-20H2,1-2H3;2*1H/t26-;;/m1../s1. The van der Waals surface area contributed by atoms with Gasteiger partial charge in [0.2, 0.25) is 0 Å². The molecular weight excluding hydrogens is 655 g/mol. The number of alkyl halides is 6. The number of rotatable bonds is 5. The molecule has 14 heteroatoms. The molecule has 244 valence electrons. The number of amides is 1. The Labute approximate surface area is 270 Å². The summed E-state index contributed by atoms with van der Waals surface area (Å²) < 4.78 is 86.3. The number of hydrogen-bond donors (Lipinski definition) is 0. The van der Waals surface area contributed by atoms with Crippen molar-refractivity contribution < 1.29 is 35.9 Å². The fourth-order valence-electron chi connectivity index (χ4n) is 5.14. The summed E-state index contributed by atoms with van der Waals surface area (Å²) in [6.45, 7) is 8.02. The van der Waals surface area contributed by atoms with Crippen molar-refractivity contribution in [3.63, 3.8) is 0 Å². The van der Waals surface area contributed by atoms with E-state index in [2.05, 4.69) is 30.6 Å². The molecule has 2 aliphatic heterocycles. The Balaban J connectivity index is 0.00000337. The van der Waals surface area contributed by atoms with Crippen LogP contribution in [0.15, 0.2) is 42.5 Å². The average molecular weight is 689 g/mol. The van der Waals surface area contributed by atoms with E-state index in [1.54, 1.807) is 24.3 Å². The molecular formula is C30H34Cl3F6N3O2. The molecule has 0 unspecified atom stereocenters. The lowest BCUT2D eigenvalue weighted by molar-refractivity contribution is -0.143.